The van der Waals surface area contributed by atoms with Gasteiger partial charge in [0, 0.05) is 0 Å². The average Bonchev–Trinajstić information content (AvgIpc) is 2.45. The molecule has 0 saturated heterocycles. The maximum atomic E-state index is 13.9. The summed E-state index contributed by atoms with van der Waals surface area (Å²) in [6, 6.07) is 6.24. The van der Waals surface area contributed by atoms with Crippen LogP contribution in [0.2, 0.25) is 0 Å². The number of rotatable bonds is 4. The maximum Gasteiger partial charge on any atom is 0.307 e. The number of amides is 1. The van der Waals surface area contributed by atoms with Gasteiger partial charge in [0.25, 0.3) is 0 Å². The van der Waals surface area contributed by atoms with Gasteiger partial charge >= 0.3 is 5.97 Å². The number of hydrogen-bond acceptors (Lipinski definition) is 5. The Morgan fingerprint density at radius 3 is 3.00 bits per heavy atom. The number of esters is 1. The van der Waals surface area contributed by atoms with E-state index in [1.54, 1.807) is 13.0 Å². The molecular weight excluding hydrogens is 295 g/mol. The minimum Gasteiger partial charge on any atom is -0.466 e. The van der Waals surface area contributed by atoms with Crippen molar-refractivity contribution < 1.29 is 18.7 Å². The van der Waals surface area contributed by atoms with Crippen molar-refractivity contribution in [2.75, 3.05) is 18.1 Å². The zero-order chi connectivity index (χ0) is 15.4. The lowest BCUT2D eigenvalue weighted by atomic mass is 10.2. The predicted octanol–water partition coefficient (Wildman–Crippen LogP) is 2.11. The summed E-state index contributed by atoms with van der Waals surface area (Å²) in [6.45, 7) is 1.71. The fourth-order valence-electron chi connectivity index (χ4n) is 2.05. The third kappa shape index (κ3) is 3.16. The second kappa shape index (κ2) is 6.59. The van der Waals surface area contributed by atoms with Crippen molar-refractivity contribution in [2.45, 2.75) is 23.5 Å². The molecule has 7 heteroatoms. The molecule has 0 bridgehead atoms. The molecule has 1 heterocycles. The molecule has 5 nitrogen and oxygen atoms in total. The Bertz CT molecular complexity index is 615. The number of nitrogens with zero attached hydrogens (tertiary/aromatic N) is 2. The lowest BCUT2D eigenvalue weighted by molar-refractivity contribution is -0.144. The second-order valence-electron chi connectivity index (χ2n) is 4.29. The van der Waals surface area contributed by atoms with E-state index in [1.165, 1.54) is 17.0 Å². The van der Waals surface area contributed by atoms with Gasteiger partial charge in [-0.15, -0.1) is 11.8 Å². The summed E-state index contributed by atoms with van der Waals surface area (Å²) in [7, 11) is 0. The summed E-state index contributed by atoms with van der Waals surface area (Å²) < 4.78 is 18.7. The van der Waals surface area contributed by atoms with E-state index in [2.05, 4.69) is 0 Å². The van der Waals surface area contributed by atoms with Crippen LogP contribution in [0.5, 0.6) is 0 Å². The molecule has 0 aromatic heterocycles. The van der Waals surface area contributed by atoms with Crippen LogP contribution in [0.15, 0.2) is 23.1 Å². The number of fused-ring (bicyclic) bond motifs is 1. The highest BCUT2D eigenvalue weighted by Gasteiger charge is 2.36. The first-order valence-electron chi connectivity index (χ1n) is 6.37. The largest absolute Gasteiger partial charge is 0.466 e. The van der Waals surface area contributed by atoms with Crippen LogP contribution in [0, 0.1) is 17.1 Å². The number of anilines is 1. The Balaban J connectivity index is 2.32. The molecule has 1 aliphatic rings. The maximum absolute atomic E-state index is 13.9. The monoisotopic (exact) mass is 308 g/mol. The Kier molecular flexibility index (Phi) is 4.81. The van der Waals surface area contributed by atoms with E-state index in [4.69, 9.17) is 10.00 Å². The molecule has 2 rings (SSSR count). The normalized spacial score (nSPS) is 17.1. The molecule has 0 fully saturated rings. The van der Waals surface area contributed by atoms with Crippen LogP contribution in [0.1, 0.15) is 13.3 Å². The fraction of sp³-hybridized carbons (Fsp3) is 0.357. The molecule has 1 atom stereocenters. The van der Waals surface area contributed by atoms with Gasteiger partial charge in [-0.25, -0.2) is 4.39 Å². The van der Waals surface area contributed by atoms with Crippen LogP contribution in [-0.4, -0.2) is 30.3 Å². The summed E-state index contributed by atoms with van der Waals surface area (Å²) in [5.74, 6) is -1.37. The Hall–Kier alpha value is -2.07. The molecule has 0 saturated carbocycles. The second-order valence-corrected chi connectivity index (χ2v) is 5.50. The van der Waals surface area contributed by atoms with E-state index in [0.717, 1.165) is 11.8 Å². The SMILES string of the molecule is CCOC(=O)CC1Sc2c(F)cccc2N(CC#N)C1=O. The van der Waals surface area contributed by atoms with Crippen LogP contribution in [-0.2, 0) is 14.3 Å². The van der Waals surface area contributed by atoms with Crippen LogP contribution < -0.4 is 4.90 Å². The van der Waals surface area contributed by atoms with E-state index in [1.807, 2.05) is 6.07 Å². The molecular formula is C14H13FN2O3S. The highest BCUT2D eigenvalue weighted by atomic mass is 32.2. The number of hydrogen-bond donors (Lipinski definition) is 0. The van der Waals surface area contributed by atoms with Gasteiger partial charge in [-0.2, -0.15) is 5.26 Å². The van der Waals surface area contributed by atoms with Gasteiger partial charge in [0.2, 0.25) is 5.91 Å². The fourth-order valence-corrected chi connectivity index (χ4v) is 3.26. The van der Waals surface area contributed by atoms with E-state index in [9.17, 15) is 14.0 Å². The first-order chi connectivity index (χ1) is 10.1. The van der Waals surface area contributed by atoms with E-state index in [-0.39, 0.29) is 30.4 Å². The third-order valence-corrected chi connectivity index (χ3v) is 4.22. The minimum absolute atomic E-state index is 0.146. The van der Waals surface area contributed by atoms with Gasteiger partial charge in [-0.05, 0) is 19.1 Å². The van der Waals surface area contributed by atoms with E-state index >= 15 is 0 Å². The number of ether oxygens (including phenoxy) is 1. The summed E-state index contributed by atoms with van der Waals surface area (Å²) in [5.41, 5.74) is 0.367. The molecule has 1 unspecified atom stereocenters. The predicted molar refractivity (Wildman–Crippen MR) is 75.3 cm³/mol. The quantitative estimate of drug-likeness (QED) is 0.629. The average molecular weight is 308 g/mol. The molecule has 0 N–H and O–H groups in total. The Labute approximate surface area is 125 Å². The zero-order valence-electron chi connectivity index (χ0n) is 11.3. The van der Waals surface area contributed by atoms with Crippen LogP contribution in [0.4, 0.5) is 10.1 Å². The summed E-state index contributed by atoms with van der Waals surface area (Å²) in [5, 5.41) is 8.07. The van der Waals surface area contributed by atoms with Crippen molar-refractivity contribution in [3.63, 3.8) is 0 Å². The van der Waals surface area contributed by atoms with Gasteiger partial charge in [0.05, 0.1) is 34.9 Å². The van der Waals surface area contributed by atoms with E-state index < -0.39 is 17.0 Å². The first-order valence-corrected chi connectivity index (χ1v) is 7.25. The van der Waals surface area contributed by atoms with Crippen molar-refractivity contribution >= 4 is 29.3 Å². The van der Waals surface area contributed by atoms with Crippen molar-refractivity contribution in [1.29, 1.82) is 5.26 Å². The third-order valence-electron chi connectivity index (χ3n) is 2.92. The van der Waals surface area contributed by atoms with Crippen LogP contribution in [0.3, 0.4) is 0 Å². The highest BCUT2D eigenvalue weighted by molar-refractivity contribution is 8.01. The lowest BCUT2D eigenvalue weighted by Gasteiger charge is -2.31. The molecule has 0 radical (unpaired) electrons. The number of carbonyl (C=O) groups excluding carboxylic acids is 2. The highest BCUT2D eigenvalue weighted by Crippen LogP contribution is 2.41. The summed E-state index contributed by atoms with van der Waals surface area (Å²) in [6.07, 6.45) is -0.146. The Morgan fingerprint density at radius 2 is 2.33 bits per heavy atom. The van der Waals surface area contributed by atoms with Gasteiger partial charge < -0.3 is 4.74 Å². The number of halogens is 1. The van der Waals surface area contributed by atoms with Crippen molar-refractivity contribution in [1.82, 2.24) is 0 Å². The van der Waals surface area contributed by atoms with Gasteiger partial charge in [-0.3, -0.25) is 14.5 Å². The van der Waals surface area contributed by atoms with Crippen LogP contribution >= 0.6 is 11.8 Å². The van der Waals surface area contributed by atoms with Crippen LogP contribution in [0.25, 0.3) is 0 Å². The minimum atomic E-state index is -0.776. The molecule has 1 aromatic rings. The molecule has 1 amide bonds. The number of thioether (sulfide) groups is 1. The first kappa shape index (κ1) is 15.3. The summed E-state index contributed by atoms with van der Waals surface area (Å²) in [4.78, 5) is 25.4. The zero-order valence-corrected chi connectivity index (χ0v) is 12.2. The molecule has 0 aliphatic carbocycles. The van der Waals surface area contributed by atoms with Crippen molar-refractivity contribution in [2.24, 2.45) is 0 Å². The Morgan fingerprint density at radius 1 is 1.57 bits per heavy atom. The lowest BCUT2D eigenvalue weighted by Crippen LogP contribution is -2.42. The molecule has 21 heavy (non-hydrogen) atoms. The van der Waals surface area contributed by atoms with Crippen molar-refractivity contribution in [3.05, 3.63) is 24.0 Å². The topological polar surface area (TPSA) is 70.4 Å². The van der Waals surface area contributed by atoms with E-state index in [0.29, 0.717) is 5.69 Å². The molecule has 110 valence electrons. The summed E-state index contributed by atoms with van der Waals surface area (Å²) >= 11 is 0.999. The molecule has 1 aromatic carbocycles. The van der Waals surface area contributed by atoms with Crippen molar-refractivity contribution in [3.8, 4) is 6.07 Å². The van der Waals surface area contributed by atoms with Gasteiger partial charge in [0.1, 0.15) is 12.4 Å². The van der Waals surface area contributed by atoms with Gasteiger partial charge in [0.15, 0.2) is 0 Å². The number of carbonyl (C=O) groups is 2. The smallest absolute Gasteiger partial charge is 0.307 e. The van der Waals surface area contributed by atoms with Gasteiger partial charge in [-0.1, -0.05) is 6.07 Å². The molecule has 0 spiro atoms. The number of benzene rings is 1. The molecule has 1 aliphatic heterocycles. The number of nitriles is 1. The standard InChI is InChI=1S/C14H13FN2O3S/c1-2-20-12(18)8-11-14(19)17(7-6-16)10-5-3-4-9(15)13(10)21-11/h3-5,11H,2,7-8H2,1H3.